The topological polar surface area (TPSA) is 86.7 Å². The van der Waals surface area contributed by atoms with Crippen LogP contribution in [-0.2, 0) is 14.4 Å². The predicted octanol–water partition coefficient (Wildman–Crippen LogP) is 0.840. The van der Waals surface area contributed by atoms with Gasteiger partial charge in [-0.25, -0.2) is 9.18 Å². The number of carbonyl (C=O) groups is 3. The van der Waals surface area contributed by atoms with Crippen LogP contribution < -0.4 is 5.32 Å². The number of carboxylic acid groups (broad SMARTS) is 1. The lowest BCUT2D eigenvalue weighted by Gasteiger charge is -2.20. The monoisotopic (exact) mass is 280 g/mol. The van der Waals surface area contributed by atoms with E-state index in [0.29, 0.717) is 5.69 Å². The Labute approximate surface area is 114 Å². The second-order valence-electron chi connectivity index (χ2n) is 4.47. The molecule has 2 N–H and O–H groups in total. The number of anilines is 1. The van der Waals surface area contributed by atoms with Crippen LogP contribution in [0, 0.1) is 5.82 Å². The second kappa shape index (κ2) is 5.68. The Hall–Kier alpha value is -2.44. The first-order chi connectivity index (χ1) is 9.47. The van der Waals surface area contributed by atoms with Crippen molar-refractivity contribution in [2.24, 2.45) is 0 Å². The first kappa shape index (κ1) is 14.0. The van der Waals surface area contributed by atoms with Gasteiger partial charge in [0.05, 0.1) is 0 Å². The fourth-order valence-corrected chi connectivity index (χ4v) is 2.08. The maximum absolute atomic E-state index is 12.7. The van der Waals surface area contributed by atoms with Gasteiger partial charge in [0.15, 0.2) is 0 Å². The van der Waals surface area contributed by atoms with E-state index in [2.05, 4.69) is 5.32 Å². The Kier molecular flexibility index (Phi) is 3.97. The van der Waals surface area contributed by atoms with E-state index in [4.69, 9.17) is 5.11 Å². The number of halogens is 1. The number of benzene rings is 1. The van der Waals surface area contributed by atoms with E-state index >= 15 is 0 Å². The van der Waals surface area contributed by atoms with Crippen molar-refractivity contribution in [1.82, 2.24) is 4.90 Å². The molecule has 0 spiro atoms. The lowest BCUT2D eigenvalue weighted by molar-refractivity contribution is -0.147. The molecule has 1 aliphatic rings. The summed E-state index contributed by atoms with van der Waals surface area (Å²) in [5, 5.41) is 11.5. The Morgan fingerprint density at radius 1 is 1.35 bits per heavy atom. The number of nitrogens with zero attached hydrogens (tertiary/aromatic N) is 1. The fourth-order valence-electron chi connectivity index (χ4n) is 2.08. The van der Waals surface area contributed by atoms with Crippen LogP contribution in [0.25, 0.3) is 0 Å². The number of hydrogen-bond acceptors (Lipinski definition) is 3. The Bertz CT molecular complexity index is 544. The van der Waals surface area contributed by atoms with E-state index in [1.165, 1.54) is 24.3 Å². The molecule has 106 valence electrons. The van der Waals surface area contributed by atoms with Gasteiger partial charge in [-0.2, -0.15) is 0 Å². The number of nitrogens with one attached hydrogen (secondary N) is 1. The van der Waals surface area contributed by atoms with Crippen LogP contribution in [0.5, 0.6) is 0 Å². The molecule has 1 aromatic rings. The summed E-state index contributed by atoms with van der Waals surface area (Å²) in [6, 6.07) is 4.19. The van der Waals surface area contributed by atoms with Gasteiger partial charge in [-0.05, 0) is 30.7 Å². The summed E-state index contributed by atoms with van der Waals surface area (Å²) in [7, 11) is 0. The zero-order chi connectivity index (χ0) is 14.7. The van der Waals surface area contributed by atoms with Gasteiger partial charge in [0, 0.05) is 12.1 Å². The lowest BCUT2D eigenvalue weighted by Crippen LogP contribution is -2.43. The molecule has 1 saturated heterocycles. The highest BCUT2D eigenvalue weighted by Gasteiger charge is 2.36. The molecule has 1 aliphatic heterocycles. The highest BCUT2D eigenvalue weighted by molar-refractivity contribution is 5.96. The summed E-state index contributed by atoms with van der Waals surface area (Å²) in [5.41, 5.74) is 0.384. The number of carboxylic acids is 1. The van der Waals surface area contributed by atoms with Crippen molar-refractivity contribution in [1.29, 1.82) is 0 Å². The normalized spacial score (nSPS) is 18.1. The van der Waals surface area contributed by atoms with Gasteiger partial charge >= 0.3 is 5.97 Å². The molecule has 1 atom stereocenters. The summed E-state index contributed by atoms with van der Waals surface area (Å²) in [6.45, 7) is -0.326. The first-order valence-corrected chi connectivity index (χ1v) is 6.05. The molecule has 2 rings (SSSR count). The minimum Gasteiger partial charge on any atom is -0.480 e. The van der Waals surface area contributed by atoms with Crippen LogP contribution in [0.1, 0.15) is 12.8 Å². The number of amides is 2. The Morgan fingerprint density at radius 3 is 2.60 bits per heavy atom. The molecule has 0 bridgehead atoms. The fraction of sp³-hybridized carbons (Fsp3) is 0.308. The maximum Gasteiger partial charge on any atom is 0.326 e. The van der Waals surface area contributed by atoms with Crippen LogP contribution in [0.15, 0.2) is 24.3 Å². The second-order valence-corrected chi connectivity index (χ2v) is 4.47. The largest absolute Gasteiger partial charge is 0.480 e. The van der Waals surface area contributed by atoms with Gasteiger partial charge in [0.2, 0.25) is 11.8 Å². The predicted molar refractivity (Wildman–Crippen MR) is 67.4 cm³/mol. The molecule has 20 heavy (non-hydrogen) atoms. The van der Waals surface area contributed by atoms with Gasteiger partial charge in [0.1, 0.15) is 18.4 Å². The van der Waals surface area contributed by atoms with E-state index in [-0.39, 0.29) is 25.3 Å². The lowest BCUT2D eigenvalue weighted by atomic mass is 10.2. The van der Waals surface area contributed by atoms with Crippen molar-refractivity contribution >= 4 is 23.5 Å². The molecular weight excluding hydrogens is 267 g/mol. The van der Waals surface area contributed by atoms with E-state index in [1.54, 1.807) is 0 Å². The maximum atomic E-state index is 12.7. The molecule has 2 amide bonds. The van der Waals surface area contributed by atoms with Gasteiger partial charge in [-0.15, -0.1) is 0 Å². The molecule has 0 radical (unpaired) electrons. The van der Waals surface area contributed by atoms with Crippen LogP contribution in [0.2, 0.25) is 0 Å². The summed E-state index contributed by atoms with van der Waals surface area (Å²) in [4.78, 5) is 35.3. The molecule has 7 heteroatoms. The number of hydrogen-bond donors (Lipinski definition) is 2. The van der Waals surface area contributed by atoms with Gasteiger partial charge in [-0.1, -0.05) is 0 Å². The third-order valence-electron chi connectivity index (χ3n) is 3.06. The smallest absolute Gasteiger partial charge is 0.326 e. The molecule has 0 saturated carbocycles. The first-order valence-electron chi connectivity index (χ1n) is 6.05. The van der Waals surface area contributed by atoms with Crippen molar-refractivity contribution in [3.63, 3.8) is 0 Å². The van der Waals surface area contributed by atoms with Crippen molar-refractivity contribution in [2.45, 2.75) is 18.9 Å². The number of rotatable bonds is 4. The Balaban J connectivity index is 1.98. The number of aliphatic carboxylic acids is 1. The quantitative estimate of drug-likeness (QED) is 0.855. The number of carbonyl (C=O) groups excluding carboxylic acids is 2. The van der Waals surface area contributed by atoms with Crippen molar-refractivity contribution in [2.75, 3.05) is 11.9 Å². The molecule has 1 aromatic carbocycles. The zero-order valence-corrected chi connectivity index (χ0v) is 10.5. The van der Waals surface area contributed by atoms with Crippen LogP contribution in [0.3, 0.4) is 0 Å². The van der Waals surface area contributed by atoms with Crippen LogP contribution in [-0.4, -0.2) is 40.4 Å². The van der Waals surface area contributed by atoms with E-state index in [1.807, 2.05) is 0 Å². The van der Waals surface area contributed by atoms with Gasteiger partial charge < -0.3 is 15.3 Å². The van der Waals surface area contributed by atoms with Crippen LogP contribution in [0.4, 0.5) is 10.1 Å². The minimum absolute atomic E-state index is 0.126. The van der Waals surface area contributed by atoms with E-state index < -0.39 is 23.7 Å². The van der Waals surface area contributed by atoms with Gasteiger partial charge in [-0.3, -0.25) is 9.59 Å². The average Bonchev–Trinajstić information content (AvgIpc) is 2.74. The molecule has 1 unspecified atom stereocenters. The standard InChI is InChI=1S/C13H13FN2O4/c14-8-1-3-9(4-2-8)15-11(17)7-16-10(13(19)20)5-6-12(16)18/h1-4,10H,5-7H2,(H,15,17)(H,19,20). The van der Waals surface area contributed by atoms with E-state index in [0.717, 1.165) is 4.90 Å². The molecular formula is C13H13FN2O4. The number of likely N-dealkylation sites (tertiary alicyclic amines) is 1. The van der Waals surface area contributed by atoms with Gasteiger partial charge in [0.25, 0.3) is 0 Å². The Morgan fingerprint density at radius 2 is 2.00 bits per heavy atom. The van der Waals surface area contributed by atoms with Crippen molar-refractivity contribution in [3.05, 3.63) is 30.1 Å². The summed E-state index contributed by atoms with van der Waals surface area (Å²) in [5.74, 6) is -2.42. The summed E-state index contributed by atoms with van der Waals surface area (Å²) >= 11 is 0. The third kappa shape index (κ3) is 3.11. The molecule has 0 aromatic heterocycles. The van der Waals surface area contributed by atoms with E-state index in [9.17, 15) is 18.8 Å². The molecule has 6 nitrogen and oxygen atoms in total. The molecule has 1 heterocycles. The minimum atomic E-state index is -1.12. The van der Waals surface area contributed by atoms with Crippen molar-refractivity contribution < 1.29 is 23.9 Å². The highest BCUT2D eigenvalue weighted by Crippen LogP contribution is 2.18. The summed E-state index contributed by atoms with van der Waals surface area (Å²) in [6.07, 6.45) is 0.332. The van der Waals surface area contributed by atoms with Crippen LogP contribution >= 0.6 is 0 Å². The summed E-state index contributed by atoms with van der Waals surface area (Å²) < 4.78 is 12.7. The zero-order valence-electron chi connectivity index (χ0n) is 10.5. The molecule has 1 fully saturated rings. The average molecular weight is 280 g/mol. The highest BCUT2D eigenvalue weighted by atomic mass is 19.1. The van der Waals surface area contributed by atoms with Crippen molar-refractivity contribution in [3.8, 4) is 0 Å². The molecule has 0 aliphatic carbocycles. The third-order valence-corrected chi connectivity index (χ3v) is 3.06. The SMILES string of the molecule is O=C(CN1C(=O)CCC1C(=O)O)Nc1ccc(F)cc1.